The van der Waals surface area contributed by atoms with Crippen molar-refractivity contribution in [2.24, 2.45) is 0 Å². The average Bonchev–Trinajstić information content (AvgIpc) is 2.58. The molecule has 0 aliphatic carbocycles. The summed E-state index contributed by atoms with van der Waals surface area (Å²) in [5, 5.41) is 2.95. The number of benzene rings is 1. The summed E-state index contributed by atoms with van der Waals surface area (Å²) in [6.45, 7) is 5.01. The Morgan fingerprint density at radius 1 is 1.43 bits per heavy atom. The number of piperidine rings is 1. The van der Waals surface area contributed by atoms with Crippen molar-refractivity contribution in [2.45, 2.75) is 45.1 Å². The van der Waals surface area contributed by atoms with Gasteiger partial charge in [0.2, 0.25) is 0 Å². The Morgan fingerprint density at radius 3 is 2.96 bits per heavy atom. The molecule has 1 N–H and O–H groups in total. The molecule has 1 aromatic rings. The van der Waals surface area contributed by atoms with E-state index in [9.17, 15) is 9.18 Å². The normalized spacial score (nSPS) is 18.7. The van der Waals surface area contributed by atoms with Crippen molar-refractivity contribution < 1.29 is 13.9 Å². The van der Waals surface area contributed by atoms with Crippen LogP contribution in [-0.2, 0) is 0 Å². The Labute approximate surface area is 138 Å². The van der Waals surface area contributed by atoms with Gasteiger partial charge in [0.25, 0.3) is 5.91 Å². The van der Waals surface area contributed by atoms with Crippen LogP contribution < -0.4 is 10.1 Å². The number of nitrogens with zero attached hydrogens (tertiary/aromatic N) is 1. The summed E-state index contributed by atoms with van der Waals surface area (Å²) in [4.78, 5) is 14.7. The van der Waals surface area contributed by atoms with Crippen LogP contribution in [0, 0.1) is 5.82 Å². The van der Waals surface area contributed by atoms with Gasteiger partial charge in [0, 0.05) is 18.2 Å². The lowest BCUT2D eigenvalue weighted by atomic mass is 10.0. The van der Waals surface area contributed by atoms with E-state index in [1.807, 2.05) is 0 Å². The van der Waals surface area contributed by atoms with Crippen molar-refractivity contribution >= 4 is 5.91 Å². The summed E-state index contributed by atoms with van der Waals surface area (Å²) in [5.41, 5.74) is 0.333. The van der Waals surface area contributed by atoms with Crippen LogP contribution in [0.25, 0.3) is 0 Å². The maximum absolute atomic E-state index is 13.7. The Balaban J connectivity index is 1.90. The number of hydrogen-bond acceptors (Lipinski definition) is 3. The highest BCUT2D eigenvalue weighted by Crippen LogP contribution is 2.19. The van der Waals surface area contributed by atoms with Crippen LogP contribution in [0.5, 0.6) is 5.75 Å². The summed E-state index contributed by atoms with van der Waals surface area (Å²) in [6.07, 6.45) is 5.92. The third-order valence-corrected chi connectivity index (χ3v) is 4.46. The molecular weight excluding hydrogens is 295 g/mol. The molecule has 1 fully saturated rings. The van der Waals surface area contributed by atoms with Gasteiger partial charge in [-0.1, -0.05) is 19.8 Å². The van der Waals surface area contributed by atoms with Crippen LogP contribution >= 0.6 is 0 Å². The SMILES string of the molecule is CCCCN1CCCCC1CNC(=O)c1ccc(OC)c(F)c1. The molecule has 0 saturated carbocycles. The molecule has 1 aliphatic heterocycles. The molecule has 23 heavy (non-hydrogen) atoms. The molecule has 1 amide bonds. The monoisotopic (exact) mass is 322 g/mol. The average molecular weight is 322 g/mol. The fourth-order valence-electron chi connectivity index (χ4n) is 3.07. The van der Waals surface area contributed by atoms with Gasteiger partial charge in [0.1, 0.15) is 0 Å². The number of unbranched alkanes of at least 4 members (excludes halogenated alkanes) is 1. The number of methoxy groups -OCH3 is 1. The molecule has 0 aromatic heterocycles. The minimum atomic E-state index is -0.512. The van der Waals surface area contributed by atoms with Gasteiger partial charge in [-0.3, -0.25) is 9.69 Å². The number of ether oxygens (including phenoxy) is 1. The third-order valence-electron chi connectivity index (χ3n) is 4.46. The van der Waals surface area contributed by atoms with Crippen molar-refractivity contribution in [1.82, 2.24) is 10.2 Å². The molecular formula is C18H27FN2O2. The Morgan fingerprint density at radius 2 is 2.26 bits per heavy atom. The molecule has 1 atom stereocenters. The van der Waals surface area contributed by atoms with Gasteiger partial charge in [0.05, 0.1) is 7.11 Å². The van der Waals surface area contributed by atoms with Crippen LogP contribution in [0.3, 0.4) is 0 Å². The number of carbonyl (C=O) groups excluding carboxylic acids is 1. The van der Waals surface area contributed by atoms with E-state index < -0.39 is 5.82 Å². The minimum absolute atomic E-state index is 0.152. The van der Waals surface area contributed by atoms with Crippen molar-refractivity contribution in [1.29, 1.82) is 0 Å². The maximum Gasteiger partial charge on any atom is 0.251 e. The van der Waals surface area contributed by atoms with Crippen molar-refractivity contribution in [2.75, 3.05) is 26.7 Å². The highest BCUT2D eigenvalue weighted by Gasteiger charge is 2.22. The Bertz CT molecular complexity index is 522. The smallest absolute Gasteiger partial charge is 0.251 e. The maximum atomic E-state index is 13.7. The largest absolute Gasteiger partial charge is 0.494 e. The zero-order valence-corrected chi connectivity index (χ0v) is 14.1. The van der Waals surface area contributed by atoms with Gasteiger partial charge < -0.3 is 10.1 Å². The van der Waals surface area contributed by atoms with Gasteiger partial charge in [-0.15, -0.1) is 0 Å². The van der Waals surface area contributed by atoms with Crippen LogP contribution in [0.4, 0.5) is 4.39 Å². The predicted molar refractivity (Wildman–Crippen MR) is 89.4 cm³/mol. The molecule has 2 rings (SSSR count). The number of likely N-dealkylation sites (tertiary alicyclic amines) is 1. The van der Waals surface area contributed by atoms with Crippen LogP contribution in [0.1, 0.15) is 49.4 Å². The standard InChI is InChI=1S/C18H27FN2O2/c1-3-4-10-21-11-6-5-7-15(21)13-20-18(22)14-8-9-17(23-2)16(19)12-14/h8-9,12,15H,3-7,10-11,13H2,1-2H3,(H,20,22). The van der Waals surface area contributed by atoms with E-state index in [1.54, 1.807) is 6.07 Å². The molecule has 1 aliphatic rings. The second-order valence-corrected chi connectivity index (χ2v) is 6.10. The lowest BCUT2D eigenvalue weighted by Gasteiger charge is -2.35. The summed E-state index contributed by atoms with van der Waals surface area (Å²) >= 11 is 0. The first kappa shape index (κ1) is 17.7. The van der Waals surface area contributed by atoms with Gasteiger partial charge in [-0.2, -0.15) is 0 Å². The van der Waals surface area contributed by atoms with E-state index in [4.69, 9.17) is 4.74 Å². The molecule has 128 valence electrons. The summed E-state index contributed by atoms with van der Waals surface area (Å²) in [6, 6.07) is 4.69. The first-order valence-electron chi connectivity index (χ1n) is 8.51. The Hall–Kier alpha value is -1.62. The van der Waals surface area contributed by atoms with E-state index in [0.29, 0.717) is 18.2 Å². The summed E-state index contributed by atoms with van der Waals surface area (Å²) < 4.78 is 18.6. The topological polar surface area (TPSA) is 41.6 Å². The zero-order valence-electron chi connectivity index (χ0n) is 14.1. The molecule has 5 heteroatoms. The molecule has 1 heterocycles. The van der Waals surface area contributed by atoms with Gasteiger partial charge in [-0.05, 0) is 50.6 Å². The van der Waals surface area contributed by atoms with Crippen LogP contribution in [0.15, 0.2) is 18.2 Å². The quantitative estimate of drug-likeness (QED) is 0.838. The van der Waals surface area contributed by atoms with E-state index in [2.05, 4.69) is 17.1 Å². The predicted octanol–water partition coefficient (Wildman–Crippen LogP) is 3.22. The molecule has 1 saturated heterocycles. The highest BCUT2D eigenvalue weighted by atomic mass is 19.1. The molecule has 1 unspecified atom stereocenters. The number of hydrogen-bond donors (Lipinski definition) is 1. The first-order chi connectivity index (χ1) is 11.2. The molecule has 4 nitrogen and oxygen atoms in total. The van der Waals surface area contributed by atoms with Gasteiger partial charge >= 0.3 is 0 Å². The second kappa shape index (κ2) is 8.87. The fraction of sp³-hybridized carbons (Fsp3) is 0.611. The van der Waals surface area contributed by atoms with Gasteiger partial charge in [-0.25, -0.2) is 4.39 Å². The molecule has 0 bridgehead atoms. The third kappa shape index (κ3) is 4.93. The molecule has 0 spiro atoms. The number of rotatable bonds is 7. The molecule has 0 radical (unpaired) electrons. The first-order valence-corrected chi connectivity index (χ1v) is 8.51. The van der Waals surface area contributed by atoms with E-state index >= 15 is 0 Å². The number of carbonyl (C=O) groups is 1. The minimum Gasteiger partial charge on any atom is -0.494 e. The van der Waals surface area contributed by atoms with Crippen molar-refractivity contribution in [3.8, 4) is 5.75 Å². The lowest BCUT2D eigenvalue weighted by molar-refractivity contribution is 0.0912. The van der Waals surface area contributed by atoms with E-state index in [-0.39, 0.29) is 11.7 Å². The van der Waals surface area contributed by atoms with E-state index in [0.717, 1.165) is 19.5 Å². The van der Waals surface area contributed by atoms with Crippen molar-refractivity contribution in [3.05, 3.63) is 29.6 Å². The second-order valence-electron chi connectivity index (χ2n) is 6.10. The Kier molecular flexibility index (Phi) is 6.84. The number of nitrogens with one attached hydrogen (secondary N) is 1. The fourth-order valence-corrected chi connectivity index (χ4v) is 3.07. The van der Waals surface area contributed by atoms with Crippen molar-refractivity contribution in [3.63, 3.8) is 0 Å². The summed E-state index contributed by atoms with van der Waals surface area (Å²) in [5.74, 6) is -0.588. The lowest BCUT2D eigenvalue weighted by Crippen LogP contribution is -2.47. The zero-order chi connectivity index (χ0) is 16.7. The van der Waals surface area contributed by atoms with Gasteiger partial charge in [0.15, 0.2) is 11.6 Å². The van der Waals surface area contributed by atoms with Crippen LogP contribution in [0.2, 0.25) is 0 Å². The van der Waals surface area contributed by atoms with E-state index in [1.165, 1.54) is 44.9 Å². The van der Waals surface area contributed by atoms with Crippen LogP contribution in [-0.4, -0.2) is 43.6 Å². The number of amides is 1. The number of halogens is 1. The summed E-state index contributed by atoms with van der Waals surface area (Å²) in [7, 11) is 1.41. The highest BCUT2D eigenvalue weighted by molar-refractivity contribution is 5.94. The molecule has 1 aromatic carbocycles.